The largest absolute Gasteiger partial charge is 0.486 e. The van der Waals surface area contributed by atoms with Crippen LogP contribution in [0, 0.1) is 11.6 Å². The molecule has 0 radical (unpaired) electrons. The van der Waals surface area contributed by atoms with Crippen LogP contribution in [-0.2, 0) is 0 Å². The van der Waals surface area contributed by atoms with Gasteiger partial charge in [0.05, 0.1) is 16.8 Å². The lowest BCUT2D eigenvalue weighted by Gasteiger charge is -2.19. The van der Waals surface area contributed by atoms with Gasteiger partial charge < -0.3 is 20.1 Å². The lowest BCUT2D eigenvalue weighted by molar-refractivity contribution is 0.101. The van der Waals surface area contributed by atoms with Crippen molar-refractivity contribution in [3.05, 3.63) is 115 Å². The zero-order valence-electron chi connectivity index (χ0n) is 22.4. The minimum absolute atomic E-state index is 0.344. The van der Waals surface area contributed by atoms with E-state index in [9.17, 15) is 13.6 Å². The molecule has 0 aliphatic carbocycles. The second kappa shape index (κ2) is 10.9. The van der Waals surface area contributed by atoms with Gasteiger partial charge in [0, 0.05) is 35.4 Å². The quantitative estimate of drug-likeness (QED) is 0.233. The number of fused-ring (bicyclic) bond motifs is 2. The molecule has 3 aromatic carbocycles. The highest BCUT2D eigenvalue weighted by Gasteiger charge is 2.21. The van der Waals surface area contributed by atoms with E-state index in [1.165, 1.54) is 6.07 Å². The predicted molar refractivity (Wildman–Crippen MR) is 157 cm³/mol. The van der Waals surface area contributed by atoms with E-state index in [4.69, 9.17) is 19.6 Å². The summed E-state index contributed by atoms with van der Waals surface area (Å²) in [5, 5.41) is 10.6. The molecule has 1 aliphatic rings. The molecular weight excluding hydrogens is 554 g/mol. The highest BCUT2D eigenvalue weighted by Crippen LogP contribution is 2.36. The third-order valence-electron chi connectivity index (χ3n) is 6.83. The van der Waals surface area contributed by atoms with Gasteiger partial charge in [-0.05, 0) is 54.6 Å². The van der Waals surface area contributed by atoms with Crippen LogP contribution in [0.2, 0.25) is 0 Å². The van der Waals surface area contributed by atoms with Crippen molar-refractivity contribution in [1.29, 1.82) is 0 Å². The van der Waals surface area contributed by atoms with Gasteiger partial charge in [0.25, 0.3) is 5.91 Å². The number of nitrogens with one attached hydrogen (secondary N) is 2. The van der Waals surface area contributed by atoms with Crippen LogP contribution in [-0.4, -0.2) is 38.7 Å². The van der Waals surface area contributed by atoms with Crippen LogP contribution in [0.15, 0.2) is 97.3 Å². The van der Waals surface area contributed by atoms with Crippen molar-refractivity contribution in [2.24, 2.45) is 0 Å². The number of rotatable bonds is 6. The lowest BCUT2D eigenvalue weighted by Crippen LogP contribution is -2.15. The summed E-state index contributed by atoms with van der Waals surface area (Å²) in [5.74, 6) is -1.10. The van der Waals surface area contributed by atoms with Crippen LogP contribution in [0.5, 0.6) is 11.5 Å². The Hall–Kier alpha value is -5.84. The van der Waals surface area contributed by atoms with Gasteiger partial charge in [0.1, 0.15) is 36.1 Å². The molecule has 0 unspecified atom stereocenters. The van der Waals surface area contributed by atoms with E-state index in [1.807, 2.05) is 48.7 Å². The first-order valence-electron chi connectivity index (χ1n) is 13.4. The monoisotopic (exact) mass is 576 g/mol. The standard InChI is InChI=1S/C32H22F2N6O3/c33-22-7-4-8-23(34)28(22)31(41)36-20-6-3-5-19(17-20)30-29(25-9-1-2-14-40(25)39-30)24-12-13-35-32(38-24)37-21-10-11-26-27(18-21)43-16-15-42-26/h1-14,17-18H,15-16H2,(H,36,41)(H,35,37,38). The van der Waals surface area contributed by atoms with E-state index < -0.39 is 23.1 Å². The van der Waals surface area contributed by atoms with Crippen molar-refractivity contribution >= 4 is 28.7 Å². The van der Waals surface area contributed by atoms with Gasteiger partial charge in [-0.1, -0.05) is 24.3 Å². The normalized spacial score (nSPS) is 12.2. The topological polar surface area (TPSA) is 103 Å². The third-order valence-corrected chi connectivity index (χ3v) is 6.83. The number of aromatic nitrogens is 4. The maximum absolute atomic E-state index is 14.2. The number of benzene rings is 3. The predicted octanol–water partition coefficient (Wildman–Crippen LogP) is 6.50. The Morgan fingerprint density at radius 2 is 1.65 bits per heavy atom. The van der Waals surface area contributed by atoms with Gasteiger partial charge in [-0.2, -0.15) is 5.10 Å². The number of amides is 1. The third kappa shape index (κ3) is 5.08. The number of halogens is 2. The number of nitrogens with zero attached hydrogens (tertiary/aromatic N) is 4. The number of hydrogen-bond donors (Lipinski definition) is 2. The second-order valence-corrected chi connectivity index (χ2v) is 9.63. The van der Waals surface area contributed by atoms with Crippen molar-refractivity contribution in [3.8, 4) is 34.0 Å². The van der Waals surface area contributed by atoms with Crippen LogP contribution in [0.3, 0.4) is 0 Å². The molecule has 1 aliphatic heterocycles. The molecule has 7 rings (SSSR count). The fourth-order valence-corrected chi connectivity index (χ4v) is 4.91. The number of carbonyl (C=O) groups is 1. The van der Waals surface area contributed by atoms with Gasteiger partial charge in [-0.3, -0.25) is 4.79 Å². The zero-order valence-corrected chi connectivity index (χ0v) is 22.4. The highest BCUT2D eigenvalue weighted by atomic mass is 19.1. The molecular formula is C32H22F2N6O3. The van der Waals surface area contributed by atoms with E-state index in [1.54, 1.807) is 35.0 Å². The van der Waals surface area contributed by atoms with Crippen molar-refractivity contribution in [1.82, 2.24) is 19.6 Å². The molecule has 11 heteroatoms. The van der Waals surface area contributed by atoms with Gasteiger partial charge in [0.2, 0.25) is 5.95 Å². The Bertz CT molecular complexity index is 1990. The zero-order chi connectivity index (χ0) is 29.3. The number of carbonyl (C=O) groups excluding carboxylic acids is 1. The summed E-state index contributed by atoms with van der Waals surface area (Å²) < 4.78 is 41.4. The van der Waals surface area contributed by atoms with Crippen LogP contribution >= 0.6 is 0 Å². The summed E-state index contributed by atoms with van der Waals surface area (Å²) in [6, 6.07) is 23.2. The minimum Gasteiger partial charge on any atom is -0.486 e. The van der Waals surface area contributed by atoms with E-state index in [0.717, 1.165) is 28.9 Å². The highest BCUT2D eigenvalue weighted by molar-refractivity contribution is 6.05. The molecule has 6 aromatic rings. The molecule has 43 heavy (non-hydrogen) atoms. The molecule has 212 valence electrons. The summed E-state index contributed by atoms with van der Waals surface area (Å²) >= 11 is 0. The van der Waals surface area contributed by atoms with Gasteiger partial charge in [-0.25, -0.2) is 23.3 Å². The van der Waals surface area contributed by atoms with Crippen LogP contribution in [0.4, 0.5) is 26.1 Å². The Kier molecular flexibility index (Phi) is 6.59. The summed E-state index contributed by atoms with van der Waals surface area (Å²) in [5.41, 5.74) is 3.80. The van der Waals surface area contributed by atoms with Crippen molar-refractivity contribution in [2.75, 3.05) is 23.8 Å². The molecule has 3 aromatic heterocycles. The molecule has 1 amide bonds. The molecule has 0 fully saturated rings. The smallest absolute Gasteiger partial charge is 0.261 e. The number of ether oxygens (including phenoxy) is 2. The summed E-state index contributed by atoms with van der Waals surface area (Å²) in [6.45, 7) is 0.983. The van der Waals surface area contributed by atoms with E-state index in [0.29, 0.717) is 53.3 Å². The first-order chi connectivity index (χ1) is 21.0. The van der Waals surface area contributed by atoms with Gasteiger partial charge in [-0.15, -0.1) is 0 Å². The Balaban J connectivity index is 1.24. The van der Waals surface area contributed by atoms with E-state index >= 15 is 0 Å². The van der Waals surface area contributed by atoms with Crippen LogP contribution in [0.1, 0.15) is 10.4 Å². The van der Waals surface area contributed by atoms with Gasteiger partial charge >= 0.3 is 0 Å². The number of hydrogen-bond acceptors (Lipinski definition) is 7. The first-order valence-corrected chi connectivity index (χ1v) is 13.4. The average molecular weight is 577 g/mol. The number of anilines is 3. The fraction of sp³-hybridized carbons (Fsp3) is 0.0625. The van der Waals surface area contributed by atoms with Crippen LogP contribution < -0.4 is 20.1 Å². The average Bonchev–Trinajstić information content (AvgIpc) is 3.41. The molecule has 0 saturated heterocycles. The van der Waals surface area contributed by atoms with Crippen LogP contribution in [0.25, 0.3) is 28.0 Å². The molecule has 0 spiro atoms. The number of pyridine rings is 1. The molecule has 9 nitrogen and oxygen atoms in total. The van der Waals surface area contributed by atoms with Crippen molar-refractivity contribution < 1.29 is 23.0 Å². The summed E-state index contributed by atoms with van der Waals surface area (Å²) in [6.07, 6.45) is 3.48. The Morgan fingerprint density at radius 1 is 0.837 bits per heavy atom. The maximum Gasteiger partial charge on any atom is 0.261 e. The Labute approximate surface area is 243 Å². The molecule has 0 bridgehead atoms. The van der Waals surface area contributed by atoms with E-state index in [2.05, 4.69) is 15.6 Å². The van der Waals surface area contributed by atoms with Crippen molar-refractivity contribution in [2.45, 2.75) is 0 Å². The first kappa shape index (κ1) is 26.1. The second-order valence-electron chi connectivity index (χ2n) is 9.63. The molecule has 0 atom stereocenters. The summed E-state index contributed by atoms with van der Waals surface area (Å²) in [7, 11) is 0. The minimum atomic E-state index is -0.944. The van der Waals surface area contributed by atoms with Gasteiger partial charge in [0.15, 0.2) is 11.5 Å². The molecule has 2 N–H and O–H groups in total. The maximum atomic E-state index is 14.2. The molecule has 4 heterocycles. The van der Waals surface area contributed by atoms with Crippen molar-refractivity contribution in [3.63, 3.8) is 0 Å². The van der Waals surface area contributed by atoms with E-state index in [-0.39, 0.29) is 0 Å². The fourth-order valence-electron chi connectivity index (χ4n) is 4.91. The lowest BCUT2D eigenvalue weighted by atomic mass is 10.0. The molecule has 0 saturated carbocycles. The Morgan fingerprint density at radius 3 is 2.51 bits per heavy atom. The summed E-state index contributed by atoms with van der Waals surface area (Å²) in [4.78, 5) is 21.9. The SMILES string of the molecule is O=C(Nc1cccc(-c2nn3ccccc3c2-c2ccnc(Nc3ccc4c(c3)OCCO4)n2)c1)c1c(F)cccc1F.